The Morgan fingerprint density at radius 3 is 2.24 bits per heavy atom. The highest BCUT2D eigenvalue weighted by Gasteiger charge is 2.24. The number of hydrogen-bond acceptors (Lipinski definition) is 2. The van der Waals surface area contributed by atoms with Crippen LogP contribution in [0.3, 0.4) is 0 Å². The molecular weight excluding hydrogens is 264 g/mol. The molecular formula is C18H22O3. The summed E-state index contributed by atoms with van der Waals surface area (Å²) in [6, 6.07) is 7.61. The van der Waals surface area contributed by atoms with Crippen molar-refractivity contribution in [2.45, 2.75) is 51.9 Å². The molecule has 0 fully saturated rings. The van der Waals surface area contributed by atoms with Crippen molar-refractivity contribution in [3.8, 4) is 0 Å². The Morgan fingerprint density at radius 1 is 1.05 bits per heavy atom. The zero-order valence-electron chi connectivity index (χ0n) is 12.5. The molecule has 0 bridgehead atoms. The minimum atomic E-state index is -0.947. The van der Waals surface area contributed by atoms with Crippen molar-refractivity contribution in [3.05, 3.63) is 46.5 Å². The van der Waals surface area contributed by atoms with Gasteiger partial charge in [0, 0.05) is 16.7 Å². The number of carbonyl (C=O) groups is 2. The lowest BCUT2D eigenvalue weighted by molar-refractivity contribution is -0.133. The second kappa shape index (κ2) is 7.21. The molecule has 0 aromatic heterocycles. The third-order valence-electron chi connectivity index (χ3n) is 4.04. The van der Waals surface area contributed by atoms with Crippen LogP contribution >= 0.6 is 0 Å². The second-order valence-corrected chi connectivity index (χ2v) is 5.60. The molecule has 21 heavy (non-hydrogen) atoms. The minimum Gasteiger partial charge on any atom is -0.478 e. The summed E-state index contributed by atoms with van der Waals surface area (Å²) in [4.78, 5) is 23.8. The molecule has 0 saturated carbocycles. The van der Waals surface area contributed by atoms with E-state index in [0.29, 0.717) is 29.6 Å². The Kier molecular flexibility index (Phi) is 5.32. The van der Waals surface area contributed by atoms with Crippen LogP contribution in [0.2, 0.25) is 0 Å². The molecule has 3 heteroatoms. The van der Waals surface area contributed by atoms with E-state index in [2.05, 4.69) is 6.92 Å². The van der Waals surface area contributed by atoms with E-state index in [9.17, 15) is 14.7 Å². The fourth-order valence-electron chi connectivity index (χ4n) is 2.77. The van der Waals surface area contributed by atoms with Crippen LogP contribution in [0.4, 0.5) is 0 Å². The van der Waals surface area contributed by atoms with Gasteiger partial charge >= 0.3 is 5.97 Å². The Labute approximate surface area is 125 Å². The number of allylic oxidation sites excluding steroid dienone is 1. The molecule has 0 radical (unpaired) electrons. The van der Waals surface area contributed by atoms with E-state index < -0.39 is 5.97 Å². The third-order valence-corrected chi connectivity index (χ3v) is 4.04. The van der Waals surface area contributed by atoms with Gasteiger partial charge in [0.25, 0.3) is 0 Å². The van der Waals surface area contributed by atoms with Crippen LogP contribution in [0.15, 0.2) is 35.4 Å². The molecule has 0 unspecified atom stereocenters. The summed E-state index contributed by atoms with van der Waals surface area (Å²) in [6.07, 6.45) is 6.15. The average Bonchev–Trinajstić information content (AvgIpc) is 2.52. The summed E-state index contributed by atoms with van der Waals surface area (Å²) in [5.74, 6) is -1.06. The molecule has 1 aliphatic carbocycles. The van der Waals surface area contributed by atoms with Crippen LogP contribution < -0.4 is 0 Å². The number of Topliss-reactive ketones (excluding diaryl/α,β-unsaturated/α-hetero) is 1. The highest BCUT2D eigenvalue weighted by molar-refractivity contribution is 6.12. The molecule has 3 nitrogen and oxygen atoms in total. The van der Waals surface area contributed by atoms with E-state index in [0.717, 1.165) is 32.1 Å². The maximum absolute atomic E-state index is 12.5. The number of carboxylic acid groups (broad SMARTS) is 1. The van der Waals surface area contributed by atoms with Crippen molar-refractivity contribution in [1.82, 2.24) is 0 Å². The van der Waals surface area contributed by atoms with E-state index in [1.807, 2.05) is 24.3 Å². The van der Waals surface area contributed by atoms with E-state index in [1.54, 1.807) is 0 Å². The molecule has 1 N–H and O–H groups in total. The number of aryl methyl sites for hydroxylation is 1. The quantitative estimate of drug-likeness (QED) is 0.799. The molecule has 0 aliphatic heterocycles. The van der Waals surface area contributed by atoms with E-state index in [1.165, 1.54) is 5.56 Å². The van der Waals surface area contributed by atoms with Gasteiger partial charge < -0.3 is 5.11 Å². The Morgan fingerprint density at radius 2 is 1.67 bits per heavy atom. The first-order valence-electron chi connectivity index (χ1n) is 7.72. The standard InChI is InChI=1S/C18H22O3/c1-2-3-6-13-9-11-14(12-10-13)17(19)15-7-4-5-8-16(15)18(20)21/h9-12H,2-8H2,1H3,(H,20,21). The summed E-state index contributed by atoms with van der Waals surface area (Å²) < 4.78 is 0. The van der Waals surface area contributed by atoms with Crippen molar-refractivity contribution >= 4 is 11.8 Å². The van der Waals surface area contributed by atoms with Gasteiger partial charge in [-0.1, -0.05) is 37.6 Å². The normalized spacial score (nSPS) is 15.1. The topological polar surface area (TPSA) is 54.4 Å². The first-order chi connectivity index (χ1) is 10.1. The third kappa shape index (κ3) is 3.81. The van der Waals surface area contributed by atoms with Gasteiger partial charge in [0.1, 0.15) is 0 Å². The molecule has 0 spiro atoms. The molecule has 1 aromatic rings. The lowest BCUT2D eigenvalue weighted by atomic mass is 9.87. The zero-order valence-corrected chi connectivity index (χ0v) is 12.5. The van der Waals surface area contributed by atoms with Gasteiger partial charge in [0.2, 0.25) is 0 Å². The van der Waals surface area contributed by atoms with Gasteiger partial charge in [-0.15, -0.1) is 0 Å². The summed E-state index contributed by atoms with van der Waals surface area (Å²) in [5, 5.41) is 9.24. The summed E-state index contributed by atoms with van der Waals surface area (Å²) >= 11 is 0. The average molecular weight is 286 g/mol. The van der Waals surface area contributed by atoms with E-state index in [4.69, 9.17) is 0 Å². The van der Waals surface area contributed by atoms with Crippen molar-refractivity contribution in [3.63, 3.8) is 0 Å². The van der Waals surface area contributed by atoms with Gasteiger partial charge in [0.15, 0.2) is 5.78 Å². The van der Waals surface area contributed by atoms with Gasteiger partial charge in [-0.25, -0.2) is 4.79 Å². The molecule has 2 rings (SSSR count). The first-order valence-corrected chi connectivity index (χ1v) is 7.72. The summed E-state index contributed by atoms with van der Waals surface area (Å²) in [6.45, 7) is 2.15. The van der Waals surface area contributed by atoms with Crippen LogP contribution in [0.5, 0.6) is 0 Å². The maximum Gasteiger partial charge on any atom is 0.331 e. The Bertz CT molecular complexity index is 552. The highest BCUT2D eigenvalue weighted by Crippen LogP contribution is 2.27. The van der Waals surface area contributed by atoms with Crippen molar-refractivity contribution in [1.29, 1.82) is 0 Å². The zero-order chi connectivity index (χ0) is 15.2. The predicted octanol–water partition coefficient (Wildman–Crippen LogP) is 4.17. The lowest BCUT2D eigenvalue weighted by Crippen LogP contribution is -2.15. The number of ketones is 1. The first kappa shape index (κ1) is 15.5. The Hall–Kier alpha value is -1.90. The largest absolute Gasteiger partial charge is 0.478 e. The molecule has 0 atom stereocenters. The molecule has 0 heterocycles. The fraction of sp³-hybridized carbons (Fsp3) is 0.444. The fourth-order valence-corrected chi connectivity index (χ4v) is 2.77. The number of hydrogen-bond donors (Lipinski definition) is 1. The highest BCUT2D eigenvalue weighted by atomic mass is 16.4. The van der Waals surface area contributed by atoms with E-state index >= 15 is 0 Å². The van der Waals surface area contributed by atoms with Crippen molar-refractivity contribution in [2.24, 2.45) is 0 Å². The molecule has 1 aromatic carbocycles. The summed E-state index contributed by atoms with van der Waals surface area (Å²) in [7, 11) is 0. The van der Waals surface area contributed by atoms with Crippen LogP contribution in [-0.2, 0) is 11.2 Å². The van der Waals surface area contributed by atoms with Crippen LogP contribution in [0.25, 0.3) is 0 Å². The monoisotopic (exact) mass is 286 g/mol. The predicted molar refractivity (Wildman–Crippen MR) is 82.5 cm³/mol. The van der Waals surface area contributed by atoms with E-state index in [-0.39, 0.29) is 5.78 Å². The smallest absolute Gasteiger partial charge is 0.331 e. The van der Waals surface area contributed by atoms with Gasteiger partial charge in [-0.2, -0.15) is 0 Å². The molecule has 0 saturated heterocycles. The SMILES string of the molecule is CCCCc1ccc(C(=O)C2=C(C(=O)O)CCCC2)cc1. The van der Waals surface area contributed by atoms with Gasteiger partial charge in [-0.3, -0.25) is 4.79 Å². The second-order valence-electron chi connectivity index (χ2n) is 5.60. The van der Waals surface area contributed by atoms with Gasteiger partial charge in [-0.05, 0) is 44.1 Å². The minimum absolute atomic E-state index is 0.117. The number of aliphatic carboxylic acids is 1. The number of carboxylic acids is 1. The number of carbonyl (C=O) groups excluding carboxylic acids is 1. The van der Waals surface area contributed by atoms with Crippen molar-refractivity contribution in [2.75, 3.05) is 0 Å². The molecule has 1 aliphatic rings. The molecule has 0 amide bonds. The summed E-state index contributed by atoms with van der Waals surface area (Å²) in [5.41, 5.74) is 2.63. The Balaban J connectivity index is 2.20. The maximum atomic E-state index is 12.5. The molecule has 112 valence electrons. The number of unbranched alkanes of at least 4 members (excludes halogenated alkanes) is 1. The van der Waals surface area contributed by atoms with Crippen molar-refractivity contribution < 1.29 is 14.7 Å². The number of rotatable bonds is 6. The van der Waals surface area contributed by atoms with Crippen LogP contribution in [0.1, 0.15) is 61.4 Å². The lowest BCUT2D eigenvalue weighted by Gasteiger charge is -2.16. The van der Waals surface area contributed by atoms with Crippen LogP contribution in [-0.4, -0.2) is 16.9 Å². The van der Waals surface area contributed by atoms with Gasteiger partial charge in [0.05, 0.1) is 0 Å². The number of benzene rings is 1. The van der Waals surface area contributed by atoms with Crippen LogP contribution in [0, 0.1) is 0 Å².